The van der Waals surface area contributed by atoms with Gasteiger partial charge in [-0.2, -0.15) is 46.8 Å². The molecule has 0 radical (unpaired) electrons. The van der Waals surface area contributed by atoms with E-state index in [0.29, 0.717) is 23.3 Å². The number of halogens is 10. The molecule has 2 atom stereocenters. The Morgan fingerprint density at radius 3 is 1.16 bits per heavy atom. The third-order valence-corrected chi connectivity index (χ3v) is 10.8. The molecule has 5 aromatic rings. The van der Waals surface area contributed by atoms with E-state index in [4.69, 9.17) is 46.4 Å². The molecule has 0 fully saturated rings. The fourth-order valence-corrected chi connectivity index (χ4v) is 7.47. The van der Waals surface area contributed by atoms with Gasteiger partial charge < -0.3 is 21.3 Å². The Kier molecular flexibility index (Phi) is 17.6. The van der Waals surface area contributed by atoms with Crippen LogP contribution in [0.3, 0.4) is 0 Å². The highest BCUT2D eigenvalue weighted by molar-refractivity contribution is 6.32. The number of Topliss-reactive ketones (excluding diaryl/α,β-unsaturated/α-hetero) is 2. The van der Waals surface area contributed by atoms with Crippen molar-refractivity contribution in [2.75, 3.05) is 21.3 Å². The SMILES string of the molecule is CCc1c(NC(=O)C(N=Nc2cc(Cl)cc(C(=O)Nc3cc(Cl)ccc3C(F)(F)F)c2)C(C)=O)ccc(NC(=O)C(N=Nc2cc(Cl)cc(C(=O)Nc3cc(Cl)ccc3C(F)(F)F)c2)C(C)=O)c1CC. The van der Waals surface area contributed by atoms with Crippen LogP contribution in [0.4, 0.5) is 60.5 Å². The van der Waals surface area contributed by atoms with E-state index in [9.17, 15) is 55.1 Å². The number of rotatable bonds is 16. The van der Waals surface area contributed by atoms with E-state index in [1.165, 1.54) is 24.3 Å². The zero-order valence-corrected chi connectivity index (χ0v) is 39.7. The molecular weight excluding hydrogens is 1020 g/mol. The number of hydrogen-bond donors (Lipinski definition) is 4. The summed E-state index contributed by atoms with van der Waals surface area (Å²) in [6.07, 6.45) is -9.10. The van der Waals surface area contributed by atoms with Crippen molar-refractivity contribution in [1.82, 2.24) is 0 Å². The van der Waals surface area contributed by atoms with Gasteiger partial charge in [-0.15, -0.1) is 0 Å². The minimum absolute atomic E-state index is 0.0774. The van der Waals surface area contributed by atoms with Crippen LogP contribution in [0.25, 0.3) is 0 Å². The molecule has 366 valence electrons. The summed E-state index contributed by atoms with van der Waals surface area (Å²) >= 11 is 24.1. The van der Waals surface area contributed by atoms with Gasteiger partial charge in [0.05, 0.1) is 33.9 Å². The largest absolute Gasteiger partial charge is 0.418 e. The molecular formula is C46H36Cl4F6N8O6. The fraction of sp³-hybridized carbons (Fsp3) is 0.217. The van der Waals surface area contributed by atoms with Gasteiger partial charge in [0, 0.05) is 42.6 Å². The number of alkyl halides is 6. The van der Waals surface area contributed by atoms with Crippen LogP contribution in [-0.2, 0) is 44.4 Å². The summed E-state index contributed by atoms with van der Waals surface area (Å²) in [5, 5.41) is 24.9. The van der Waals surface area contributed by atoms with E-state index in [1.54, 1.807) is 13.8 Å². The highest BCUT2D eigenvalue weighted by atomic mass is 35.5. The van der Waals surface area contributed by atoms with Crippen molar-refractivity contribution in [2.45, 2.75) is 65.0 Å². The van der Waals surface area contributed by atoms with Gasteiger partial charge in [-0.05, 0) is 123 Å². The first kappa shape index (κ1) is 54.2. The van der Waals surface area contributed by atoms with E-state index in [0.717, 1.165) is 62.4 Å². The number of nitrogens with one attached hydrogen (secondary N) is 4. The van der Waals surface area contributed by atoms with Crippen LogP contribution >= 0.6 is 46.4 Å². The summed E-state index contributed by atoms with van der Waals surface area (Å²) in [4.78, 5) is 78.7. The zero-order chi connectivity index (χ0) is 51.8. The van der Waals surface area contributed by atoms with E-state index < -0.39 is 82.1 Å². The number of carbonyl (C=O) groups is 6. The number of benzene rings is 5. The van der Waals surface area contributed by atoms with Crippen LogP contribution in [-0.4, -0.2) is 47.3 Å². The lowest BCUT2D eigenvalue weighted by Crippen LogP contribution is -2.33. The molecule has 0 aliphatic heterocycles. The Morgan fingerprint density at radius 2 is 0.843 bits per heavy atom. The summed E-state index contributed by atoms with van der Waals surface area (Å²) in [7, 11) is 0. The average Bonchev–Trinajstić information content (AvgIpc) is 3.25. The number of ketones is 2. The molecule has 70 heavy (non-hydrogen) atoms. The lowest BCUT2D eigenvalue weighted by Gasteiger charge is -2.20. The Morgan fingerprint density at radius 1 is 0.486 bits per heavy atom. The maximum atomic E-state index is 13.6. The van der Waals surface area contributed by atoms with E-state index >= 15 is 0 Å². The van der Waals surface area contributed by atoms with Gasteiger partial charge in [-0.1, -0.05) is 60.3 Å². The third kappa shape index (κ3) is 14.0. The number of hydrogen-bond acceptors (Lipinski definition) is 10. The van der Waals surface area contributed by atoms with Crippen LogP contribution in [0.2, 0.25) is 20.1 Å². The van der Waals surface area contributed by atoms with Crippen molar-refractivity contribution in [3.05, 3.63) is 138 Å². The predicted octanol–water partition coefficient (Wildman–Crippen LogP) is 13.3. The summed E-state index contributed by atoms with van der Waals surface area (Å²) in [5.74, 6) is -5.40. The van der Waals surface area contributed by atoms with Gasteiger partial charge in [0.25, 0.3) is 23.6 Å². The first-order valence-corrected chi connectivity index (χ1v) is 21.9. The van der Waals surface area contributed by atoms with Crippen molar-refractivity contribution in [1.29, 1.82) is 0 Å². The minimum atomic E-state index is -4.83. The van der Waals surface area contributed by atoms with E-state index in [-0.39, 0.29) is 66.8 Å². The first-order chi connectivity index (χ1) is 32.8. The van der Waals surface area contributed by atoms with Crippen molar-refractivity contribution < 1.29 is 55.1 Å². The van der Waals surface area contributed by atoms with Gasteiger partial charge in [0.2, 0.25) is 12.1 Å². The maximum Gasteiger partial charge on any atom is 0.418 e. The molecule has 24 heteroatoms. The Labute approximate surface area is 414 Å². The van der Waals surface area contributed by atoms with Crippen LogP contribution < -0.4 is 21.3 Å². The lowest BCUT2D eigenvalue weighted by molar-refractivity contribution is -0.137. The van der Waals surface area contributed by atoms with Gasteiger partial charge in [-0.25, -0.2) is 0 Å². The Hall–Kier alpha value is -6.74. The molecule has 4 amide bonds. The number of carbonyl (C=O) groups excluding carboxylic acids is 6. The molecule has 4 N–H and O–H groups in total. The molecule has 0 aliphatic rings. The zero-order valence-electron chi connectivity index (χ0n) is 36.7. The molecule has 0 heterocycles. The van der Waals surface area contributed by atoms with Crippen LogP contribution in [0.1, 0.15) is 70.7 Å². The second-order valence-electron chi connectivity index (χ2n) is 14.9. The molecule has 5 rings (SSSR count). The van der Waals surface area contributed by atoms with Crippen molar-refractivity contribution in [3.8, 4) is 0 Å². The summed E-state index contributed by atoms with van der Waals surface area (Å²) in [6.45, 7) is 5.64. The smallest absolute Gasteiger partial charge is 0.323 e. The normalized spacial score (nSPS) is 12.7. The predicted molar refractivity (Wildman–Crippen MR) is 252 cm³/mol. The summed E-state index contributed by atoms with van der Waals surface area (Å²) in [5.41, 5.74) is -2.85. The van der Waals surface area contributed by atoms with Gasteiger partial charge in [0.15, 0.2) is 11.6 Å². The second kappa shape index (κ2) is 22.8. The van der Waals surface area contributed by atoms with Crippen LogP contribution in [0, 0.1) is 0 Å². The number of azo groups is 2. The van der Waals surface area contributed by atoms with E-state index in [2.05, 4.69) is 41.7 Å². The lowest BCUT2D eigenvalue weighted by atomic mass is 9.98. The minimum Gasteiger partial charge on any atom is -0.323 e. The third-order valence-electron chi connectivity index (χ3n) is 9.86. The summed E-state index contributed by atoms with van der Waals surface area (Å²) < 4.78 is 81.6. The monoisotopic (exact) mass is 1050 g/mol. The molecule has 2 unspecified atom stereocenters. The number of amides is 4. The molecule has 0 bridgehead atoms. The molecule has 5 aromatic carbocycles. The van der Waals surface area contributed by atoms with Gasteiger partial charge in [-0.3, -0.25) is 28.8 Å². The van der Waals surface area contributed by atoms with Crippen molar-refractivity contribution in [2.24, 2.45) is 20.5 Å². The molecule has 0 saturated carbocycles. The van der Waals surface area contributed by atoms with Crippen molar-refractivity contribution >= 4 is 116 Å². The molecule has 14 nitrogen and oxygen atoms in total. The van der Waals surface area contributed by atoms with Crippen molar-refractivity contribution in [3.63, 3.8) is 0 Å². The maximum absolute atomic E-state index is 13.6. The second-order valence-corrected chi connectivity index (χ2v) is 16.7. The molecule has 0 saturated heterocycles. The molecule has 0 aliphatic carbocycles. The Balaban J connectivity index is 1.32. The summed E-state index contributed by atoms with van der Waals surface area (Å²) in [6, 6.07) is 11.6. The molecule has 0 spiro atoms. The molecule has 0 aromatic heterocycles. The van der Waals surface area contributed by atoms with Crippen LogP contribution in [0.5, 0.6) is 0 Å². The standard InChI is InChI=1S/C46H36Cl4F6N8O6/c1-5-31-32(6-2)36(58-44(70)40(22(4)66)64-62-30-16-24(14-28(50)18-30)42(68)60-38-20-26(48)8-10-34(38)46(54,55)56)12-11-35(31)57-43(69)39(21(3)65)63-61-29-15-23(13-27(49)17-29)41(67)59-37-19-25(47)7-9-33(37)45(51,52)53/h7-20,39-40H,5-6H2,1-4H3,(H,57,69)(H,58,70)(H,59,67)(H,60,68). The van der Waals surface area contributed by atoms with Crippen LogP contribution in [0.15, 0.2) is 105 Å². The topological polar surface area (TPSA) is 200 Å². The first-order valence-electron chi connectivity index (χ1n) is 20.4. The average molecular weight is 1050 g/mol. The van der Waals surface area contributed by atoms with Gasteiger partial charge >= 0.3 is 12.4 Å². The quantitative estimate of drug-likeness (QED) is 0.0430. The highest BCUT2D eigenvalue weighted by Crippen LogP contribution is 2.38. The number of anilines is 4. The number of nitrogens with zero attached hydrogens (tertiary/aromatic N) is 4. The Bertz CT molecular complexity index is 2770. The fourth-order valence-electron chi connectivity index (χ4n) is 6.67. The highest BCUT2D eigenvalue weighted by Gasteiger charge is 2.35. The van der Waals surface area contributed by atoms with E-state index in [1.807, 2.05) is 0 Å². The van der Waals surface area contributed by atoms with Gasteiger partial charge in [0.1, 0.15) is 0 Å².